The van der Waals surface area contributed by atoms with Crippen molar-refractivity contribution in [1.82, 2.24) is 9.80 Å². The molecule has 1 rings (SSSR count). The summed E-state index contributed by atoms with van der Waals surface area (Å²) in [5.41, 5.74) is 5.90. The van der Waals surface area contributed by atoms with Gasteiger partial charge in [-0.05, 0) is 39.7 Å². The van der Waals surface area contributed by atoms with Crippen LogP contribution < -0.4 is 5.73 Å². The van der Waals surface area contributed by atoms with Crippen molar-refractivity contribution < 1.29 is 4.79 Å². The van der Waals surface area contributed by atoms with Gasteiger partial charge in [0.1, 0.15) is 0 Å². The maximum absolute atomic E-state index is 12.2. The molecule has 0 bridgehead atoms. The summed E-state index contributed by atoms with van der Waals surface area (Å²) in [6.07, 6.45) is 7.36. The highest BCUT2D eigenvalue weighted by molar-refractivity contribution is 5.76. The number of nitrogens with two attached hydrogens (primary N) is 1. The lowest BCUT2D eigenvalue weighted by atomic mass is 9.88. The number of nitrogens with zero attached hydrogens (tertiary/aromatic N) is 2. The zero-order valence-corrected chi connectivity index (χ0v) is 13.6. The lowest BCUT2D eigenvalue weighted by molar-refractivity contribution is -0.132. The van der Waals surface area contributed by atoms with E-state index in [1.54, 1.807) is 0 Å². The molecular weight excluding hydrogens is 250 g/mol. The molecule has 0 heterocycles. The number of hydrogen-bond acceptors (Lipinski definition) is 3. The van der Waals surface area contributed by atoms with E-state index < -0.39 is 0 Å². The van der Waals surface area contributed by atoms with Gasteiger partial charge in [0.2, 0.25) is 5.91 Å². The second-order valence-electron chi connectivity index (χ2n) is 6.10. The van der Waals surface area contributed by atoms with Crippen LogP contribution in [0.1, 0.15) is 52.4 Å². The molecule has 20 heavy (non-hydrogen) atoms. The SMILES string of the molecule is CCN(CC)C(=O)CC(CN)N(C)CC1CCCCC1. The highest BCUT2D eigenvalue weighted by atomic mass is 16.2. The van der Waals surface area contributed by atoms with Crippen molar-refractivity contribution in [2.45, 2.75) is 58.4 Å². The molecule has 1 amide bonds. The first-order chi connectivity index (χ1) is 9.62. The van der Waals surface area contributed by atoms with Gasteiger partial charge in [-0.25, -0.2) is 0 Å². The summed E-state index contributed by atoms with van der Waals surface area (Å²) in [6.45, 7) is 7.30. The Morgan fingerprint density at radius 1 is 1.20 bits per heavy atom. The van der Waals surface area contributed by atoms with E-state index in [0.717, 1.165) is 25.6 Å². The van der Waals surface area contributed by atoms with Gasteiger partial charge in [0, 0.05) is 38.6 Å². The van der Waals surface area contributed by atoms with Crippen LogP contribution in [0.5, 0.6) is 0 Å². The van der Waals surface area contributed by atoms with E-state index in [4.69, 9.17) is 5.73 Å². The molecule has 0 spiro atoms. The summed E-state index contributed by atoms with van der Waals surface area (Å²) < 4.78 is 0. The van der Waals surface area contributed by atoms with Crippen molar-refractivity contribution in [3.05, 3.63) is 0 Å². The summed E-state index contributed by atoms with van der Waals surface area (Å²) >= 11 is 0. The van der Waals surface area contributed by atoms with Gasteiger partial charge in [-0.2, -0.15) is 0 Å². The Morgan fingerprint density at radius 2 is 1.80 bits per heavy atom. The van der Waals surface area contributed by atoms with E-state index in [1.165, 1.54) is 32.1 Å². The Balaban J connectivity index is 2.45. The Kier molecular flexibility index (Phi) is 8.15. The van der Waals surface area contributed by atoms with Gasteiger partial charge >= 0.3 is 0 Å². The highest BCUT2D eigenvalue weighted by Crippen LogP contribution is 2.24. The summed E-state index contributed by atoms with van der Waals surface area (Å²) in [5, 5.41) is 0. The van der Waals surface area contributed by atoms with Crippen molar-refractivity contribution in [2.24, 2.45) is 11.7 Å². The molecule has 0 saturated heterocycles. The molecule has 0 aliphatic heterocycles. The van der Waals surface area contributed by atoms with Gasteiger partial charge in [-0.3, -0.25) is 4.79 Å². The number of carbonyl (C=O) groups excluding carboxylic acids is 1. The van der Waals surface area contributed by atoms with Gasteiger partial charge < -0.3 is 15.5 Å². The van der Waals surface area contributed by atoms with Gasteiger partial charge in [-0.15, -0.1) is 0 Å². The zero-order chi connectivity index (χ0) is 15.0. The Morgan fingerprint density at radius 3 is 2.30 bits per heavy atom. The lowest BCUT2D eigenvalue weighted by Crippen LogP contribution is -2.44. The minimum atomic E-state index is 0.185. The molecule has 0 aromatic heterocycles. The number of rotatable bonds is 8. The molecule has 0 radical (unpaired) electrons. The van der Waals surface area contributed by atoms with Crippen molar-refractivity contribution >= 4 is 5.91 Å². The summed E-state index contributed by atoms with van der Waals surface area (Å²) in [6, 6.07) is 0.185. The van der Waals surface area contributed by atoms with Crippen LogP contribution in [-0.4, -0.2) is 55.0 Å². The molecule has 0 aromatic rings. The molecule has 1 aliphatic carbocycles. The summed E-state index contributed by atoms with van der Waals surface area (Å²) in [4.78, 5) is 16.4. The molecule has 4 nitrogen and oxygen atoms in total. The first kappa shape index (κ1) is 17.4. The highest BCUT2D eigenvalue weighted by Gasteiger charge is 2.23. The smallest absolute Gasteiger partial charge is 0.224 e. The summed E-state index contributed by atoms with van der Waals surface area (Å²) in [5.74, 6) is 1.03. The average Bonchev–Trinajstić information content (AvgIpc) is 2.47. The van der Waals surface area contributed by atoms with E-state index in [9.17, 15) is 4.79 Å². The van der Waals surface area contributed by atoms with E-state index in [0.29, 0.717) is 13.0 Å². The summed E-state index contributed by atoms with van der Waals surface area (Å²) in [7, 11) is 2.13. The second kappa shape index (κ2) is 9.35. The van der Waals surface area contributed by atoms with Gasteiger partial charge in [-0.1, -0.05) is 19.3 Å². The molecule has 118 valence electrons. The molecule has 2 N–H and O–H groups in total. The lowest BCUT2D eigenvalue weighted by Gasteiger charge is -2.33. The van der Waals surface area contributed by atoms with E-state index >= 15 is 0 Å². The van der Waals surface area contributed by atoms with E-state index in [-0.39, 0.29) is 11.9 Å². The molecule has 4 heteroatoms. The van der Waals surface area contributed by atoms with Crippen LogP contribution in [0.25, 0.3) is 0 Å². The first-order valence-electron chi connectivity index (χ1n) is 8.30. The molecule has 1 fully saturated rings. The minimum Gasteiger partial charge on any atom is -0.343 e. The molecule has 1 unspecified atom stereocenters. The van der Waals surface area contributed by atoms with Crippen molar-refractivity contribution in [1.29, 1.82) is 0 Å². The fourth-order valence-electron chi connectivity index (χ4n) is 3.25. The number of carbonyl (C=O) groups is 1. The molecule has 1 atom stereocenters. The third kappa shape index (κ3) is 5.41. The number of likely N-dealkylation sites (N-methyl/N-ethyl adjacent to an activating group) is 1. The quantitative estimate of drug-likeness (QED) is 0.742. The van der Waals surface area contributed by atoms with Crippen LogP contribution in [0.2, 0.25) is 0 Å². The van der Waals surface area contributed by atoms with Gasteiger partial charge in [0.05, 0.1) is 0 Å². The van der Waals surface area contributed by atoms with Crippen LogP contribution in [0.3, 0.4) is 0 Å². The fourth-order valence-corrected chi connectivity index (χ4v) is 3.25. The van der Waals surface area contributed by atoms with Gasteiger partial charge in [0.25, 0.3) is 0 Å². The molecular formula is C16H33N3O. The largest absolute Gasteiger partial charge is 0.343 e. The third-order valence-corrected chi connectivity index (χ3v) is 4.69. The minimum absolute atomic E-state index is 0.185. The van der Waals surface area contributed by atoms with Crippen LogP contribution >= 0.6 is 0 Å². The van der Waals surface area contributed by atoms with Crippen LogP contribution in [0.4, 0.5) is 0 Å². The third-order valence-electron chi connectivity index (χ3n) is 4.69. The fraction of sp³-hybridized carbons (Fsp3) is 0.938. The zero-order valence-electron chi connectivity index (χ0n) is 13.6. The Labute approximate surface area is 124 Å². The molecule has 0 aromatic carbocycles. The van der Waals surface area contributed by atoms with Crippen molar-refractivity contribution in [3.8, 4) is 0 Å². The number of hydrogen-bond donors (Lipinski definition) is 1. The average molecular weight is 283 g/mol. The van der Waals surface area contributed by atoms with Crippen LogP contribution in [0, 0.1) is 5.92 Å². The van der Waals surface area contributed by atoms with E-state index in [1.807, 2.05) is 18.7 Å². The van der Waals surface area contributed by atoms with Crippen LogP contribution in [0.15, 0.2) is 0 Å². The van der Waals surface area contributed by atoms with E-state index in [2.05, 4.69) is 11.9 Å². The number of amides is 1. The maximum Gasteiger partial charge on any atom is 0.224 e. The second-order valence-corrected chi connectivity index (χ2v) is 6.10. The van der Waals surface area contributed by atoms with Crippen LogP contribution in [-0.2, 0) is 4.79 Å². The topological polar surface area (TPSA) is 49.6 Å². The standard InChI is InChI=1S/C16H33N3O/c1-4-19(5-2)16(20)11-15(12-17)18(3)13-14-9-7-6-8-10-14/h14-15H,4-13,17H2,1-3H3. The predicted octanol–water partition coefficient (Wildman–Crippen LogP) is 2.08. The Hall–Kier alpha value is -0.610. The Bertz CT molecular complexity index is 273. The molecule has 1 saturated carbocycles. The van der Waals surface area contributed by atoms with Crippen molar-refractivity contribution in [3.63, 3.8) is 0 Å². The van der Waals surface area contributed by atoms with Gasteiger partial charge in [0.15, 0.2) is 0 Å². The van der Waals surface area contributed by atoms with Crippen molar-refractivity contribution in [2.75, 3.05) is 33.2 Å². The molecule has 1 aliphatic rings. The normalized spacial score (nSPS) is 18.2. The first-order valence-corrected chi connectivity index (χ1v) is 8.30. The predicted molar refractivity (Wildman–Crippen MR) is 84.6 cm³/mol. The monoisotopic (exact) mass is 283 g/mol. The maximum atomic E-state index is 12.2.